The van der Waals surface area contributed by atoms with Crippen LogP contribution in [0.5, 0.6) is 0 Å². The summed E-state index contributed by atoms with van der Waals surface area (Å²) in [7, 11) is 0. The van der Waals surface area contributed by atoms with Crippen molar-refractivity contribution in [1.82, 2.24) is 0 Å². The fraction of sp³-hybridized carbons (Fsp3) is 0.583. The molecule has 0 amide bonds. The highest BCUT2D eigenvalue weighted by Crippen LogP contribution is 2.49. The van der Waals surface area contributed by atoms with Gasteiger partial charge in [0.1, 0.15) is 12.7 Å². The molecule has 2 aromatic rings. The predicted octanol–water partition coefficient (Wildman–Crippen LogP) is 6.06. The second-order valence-electron chi connectivity index (χ2n) is 13.5. The van der Waals surface area contributed by atoms with E-state index in [0.717, 1.165) is 24.0 Å². The summed E-state index contributed by atoms with van der Waals surface area (Å²) in [4.78, 5) is 12.5. The molecule has 0 unspecified atom stereocenters. The molecule has 44 heavy (non-hydrogen) atoms. The molecule has 0 saturated carbocycles. The molecular formula is C36H46O8. The zero-order valence-electron chi connectivity index (χ0n) is 26.3. The molecule has 2 aromatic carbocycles. The Bertz CT molecular complexity index is 1280. The van der Waals surface area contributed by atoms with E-state index in [-0.39, 0.29) is 49.2 Å². The lowest BCUT2D eigenvalue weighted by Crippen LogP contribution is -2.66. The molecule has 0 aliphatic carbocycles. The Balaban J connectivity index is 1.15. The Morgan fingerprint density at radius 2 is 1.50 bits per heavy atom. The van der Waals surface area contributed by atoms with Crippen molar-refractivity contribution in [2.24, 2.45) is 0 Å². The Labute approximate surface area is 260 Å². The van der Waals surface area contributed by atoms with Gasteiger partial charge in [0, 0.05) is 18.9 Å². The lowest BCUT2D eigenvalue weighted by Gasteiger charge is -2.57. The molecule has 8 atom stereocenters. The van der Waals surface area contributed by atoms with Crippen LogP contribution >= 0.6 is 0 Å². The van der Waals surface area contributed by atoms with Crippen molar-refractivity contribution in [3.63, 3.8) is 0 Å². The Hall–Kier alpha value is -2.59. The van der Waals surface area contributed by atoms with Crippen molar-refractivity contribution >= 4 is 5.97 Å². The zero-order chi connectivity index (χ0) is 30.8. The first-order valence-corrected chi connectivity index (χ1v) is 16.0. The number of hydrogen-bond acceptors (Lipinski definition) is 8. The number of rotatable bonds is 8. The van der Waals surface area contributed by atoms with E-state index in [4.69, 9.17) is 33.2 Å². The van der Waals surface area contributed by atoms with E-state index in [1.165, 1.54) is 6.08 Å². The first-order valence-electron chi connectivity index (χ1n) is 16.0. The number of esters is 1. The SMILES string of the molecule is CC1(C)OC[C@H]2O[C@H]3C[C@H]4O[C@@H](C/C=C/C(=O)OCc5ccccc5)[C@](C)(OCc5ccccc5)C[C@]4(C)O[C@@H]3CC[C@@H]2O1. The second kappa shape index (κ2) is 13.0. The monoisotopic (exact) mass is 606 g/mol. The van der Waals surface area contributed by atoms with E-state index in [1.54, 1.807) is 0 Å². The van der Waals surface area contributed by atoms with Gasteiger partial charge in [0.25, 0.3) is 0 Å². The Kier molecular flexibility index (Phi) is 9.30. The van der Waals surface area contributed by atoms with E-state index >= 15 is 0 Å². The van der Waals surface area contributed by atoms with Crippen molar-refractivity contribution < 1.29 is 38.0 Å². The third kappa shape index (κ3) is 7.27. The number of fused-ring (bicyclic) bond motifs is 3. The predicted molar refractivity (Wildman–Crippen MR) is 164 cm³/mol. The van der Waals surface area contributed by atoms with Gasteiger partial charge in [0.2, 0.25) is 0 Å². The highest BCUT2D eigenvalue weighted by molar-refractivity contribution is 5.81. The van der Waals surface area contributed by atoms with Crippen LogP contribution in [0.15, 0.2) is 72.8 Å². The molecule has 0 N–H and O–H groups in total. The average molecular weight is 607 g/mol. The highest BCUT2D eigenvalue weighted by Gasteiger charge is 2.58. The van der Waals surface area contributed by atoms with Gasteiger partial charge in [-0.1, -0.05) is 66.7 Å². The van der Waals surface area contributed by atoms with Gasteiger partial charge in [-0.15, -0.1) is 0 Å². The molecule has 4 aliphatic heterocycles. The normalized spacial score (nSPS) is 36.5. The average Bonchev–Trinajstić information content (AvgIpc) is 3.17. The summed E-state index contributed by atoms with van der Waals surface area (Å²) in [6, 6.07) is 19.8. The van der Waals surface area contributed by atoms with E-state index in [0.29, 0.717) is 32.5 Å². The third-order valence-corrected chi connectivity index (χ3v) is 9.44. The number of benzene rings is 2. The van der Waals surface area contributed by atoms with Crippen LogP contribution in [0.25, 0.3) is 0 Å². The summed E-state index contributed by atoms with van der Waals surface area (Å²) in [5.41, 5.74) is 0.821. The van der Waals surface area contributed by atoms with Gasteiger partial charge in [-0.2, -0.15) is 0 Å². The summed E-state index contributed by atoms with van der Waals surface area (Å²) >= 11 is 0. The quantitative estimate of drug-likeness (QED) is 0.265. The fourth-order valence-electron chi connectivity index (χ4n) is 7.13. The van der Waals surface area contributed by atoms with Gasteiger partial charge in [0.05, 0.1) is 54.9 Å². The maximum atomic E-state index is 12.5. The number of carbonyl (C=O) groups is 1. The molecule has 4 heterocycles. The molecule has 0 radical (unpaired) electrons. The maximum Gasteiger partial charge on any atom is 0.330 e. The molecule has 0 aromatic heterocycles. The van der Waals surface area contributed by atoms with Crippen LogP contribution in [-0.2, 0) is 51.2 Å². The van der Waals surface area contributed by atoms with Crippen molar-refractivity contribution in [2.75, 3.05) is 6.61 Å². The van der Waals surface area contributed by atoms with Gasteiger partial charge in [-0.25, -0.2) is 4.79 Å². The molecular weight excluding hydrogens is 560 g/mol. The van der Waals surface area contributed by atoms with E-state index in [1.807, 2.05) is 68.5 Å². The summed E-state index contributed by atoms with van der Waals surface area (Å²) in [5, 5.41) is 0. The van der Waals surface area contributed by atoms with Gasteiger partial charge in [-0.3, -0.25) is 0 Å². The molecule has 4 fully saturated rings. The summed E-state index contributed by atoms with van der Waals surface area (Å²) in [6.07, 6.45) is 6.06. The third-order valence-electron chi connectivity index (χ3n) is 9.44. The van der Waals surface area contributed by atoms with Crippen molar-refractivity contribution in [3.05, 3.63) is 83.9 Å². The van der Waals surface area contributed by atoms with Gasteiger partial charge >= 0.3 is 5.97 Å². The minimum atomic E-state index is -0.660. The van der Waals surface area contributed by atoms with E-state index in [9.17, 15) is 4.79 Å². The van der Waals surface area contributed by atoms with Gasteiger partial charge < -0.3 is 33.2 Å². The topological polar surface area (TPSA) is 81.7 Å². The lowest BCUT2D eigenvalue weighted by atomic mass is 9.74. The first-order chi connectivity index (χ1) is 21.1. The Morgan fingerprint density at radius 3 is 2.20 bits per heavy atom. The van der Waals surface area contributed by atoms with Crippen molar-refractivity contribution in [2.45, 2.75) is 127 Å². The maximum absolute atomic E-state index is 12.5. The van der Waals surface area contributed by atoms with E-state index in [2.05, 4.69) is 26.0 Å². The van der Waals surface area contributed by atoms with Crippen LogP contribution < -0.4 is 0 Å². The van der Waals surface area contributed by atoms with Crippen LogP contribution in [0.2, 0.25) is 0 Å². The molecule has 4 aliphatic rings. The number of ether oxygens (including phenoxy) is 7. The smallest absolute Gasteiger partial charge is 0.330 e. The molecule has 238 valence electrons. The van der Waals surface area contributed by atoms with Gasteiger partial charge in [-0.05, 0) is 58.1 Å². The fourth-order valence-corrected chi connectivity index (χ4v) is 7.13. The second-order valence-corrected chi connectivity index (χ2v) is 13.5. The largest absolute Gasteiger partial charge is 0.458 e. The zero-order valence-corrected chi connectivity index (χ0v) is 26.3. The molecule has 8 nitrogen and oxygen atoms in total. The highest BCUT2D eigenvalue weighted by atomic mass is 16.7. The summed E-state index contributed by atoms with van der Waals surface area (Å²) in [6.45, 7) is 9.34. The summed E-state index contributed by atoms with van der Waals surface area (Å²) in [5.74, 6) is -0.997. The molecule has 0 bridgehead atoms. The van der Waals surface area contributed by atoms with Crippen LogP contribution in [-0.4, -0.2) is 66.2 Å². The lowest BCUT2D eigenvalue weighted by molar-refractivity contribution is -0.333. The van der Waals surface area contributed by atoms with E-state index < -0.39 is 17.0 Å². The molecule has 6 rings (SSSR count). The molecule has 0 spiro atoms. The minimum absolute atomic E-state index is 0.0253. The van der Waals surface area contributed by atoms with Crippen LogP contribution in [0.4, 0.5) is 0 Å². The standard InChI is InChI=1S/C36H46O8/c1-34(2)39-23-30-28(43-34)19-18-27-29(41-30)20-32-36(4,44-27)24-35(3,40-22-26-14-9-6-10-15-26)31(42-32)16-11-17-33(37)38-21-25-12-7-5-8-13-25/h5-15,17,27-32H,16,18-24H2,1-4H3/b17-11+/t27-,28+,29+,30-,31+,32-,35-,36+/m1/s1. The minimum Gasteiger partial charge on any atom is -0.458 e. The van der Waals surface area contributed by atoms with Crippen LogP contribution in [0, 0.1) is 0 Å². The van der Waals surface area contributed by atoms with Crippen molar-refractivity contribution in [1.29, 1.82) is 0 Å². The summed E-state index contributed by atoms with van der Waals surface area (Å²) < 4.78 is 44.7. The molecule has 8 heteroatoms. The number of carbonyl (C=O) groups excluding carboxylic acids is 1. The first kappa shape index (κ1) is 31.4. The van der Waals surface area contributed by atoms with Crippen molar-refractivity contribution in [3.8, 4) is 0 Å². The molecule has 4 saturated heterocycles. The van der Waals surface area contributed by atoms with Crippen LogP contribution in [0.3, 0.4) is 0 Å². The van der Waals surface area contributed by atoms with Crippen LogP contribution in [0.1, 0.15) is 70.9 Å². The van der Waals surface area contributed by atoms with Gasteiger partial charge in [0.15, 0.2) is 5.79 Å². The Morgan fingerprint density at radius 1 is 0.841 bits per heavy atom. The number of hydrogen-bond donors (Lipinski definition) is 0.